The highest BCUT2D eigenvalue weighted by Gasteiger charge is 2.11. The molecule has 1 aromatic carbocycles. The fourth-order valence-electron chi connectivity index (χ4n) is 1.37. The van der Waals surface area contributed by atoms with Crippen molar-refractivity contribution < 1.29 is 9.53 Å². The number of carbonyl (C=O) groups is 1. The van der Waals surface area contributed by atoms with Gasteiger partial charge in [0.2, 0.25) is 5.91 Å². The van der Waals surface area contributed by atoms with Gasteiger partial charge in [0, 0.05) is 29.3 Å². The normalized spacial score (nSPS) is 10.3. The van der Waals surface area contributed by atoms with Gasteiger partial charge >= 0.3 is 0 Å². The number of likely N-dealkylation sites (N-methyl/N-ethyl adjacent to an activating group) is 1. The van der Waals surface area contributed by atoms with E-state index in [4.69, 9.17) is 4.74 Å². The number of amides is 1. The first kappa shape index (κ1) is 14.8. The zero-order valence-electron chi connectivity index (χ0n) is 11.2. The van der Waals surface area contributed by atoms with Crippen molar-refractivity contribution in [3.05, 3.63) is 22.7 Å². The SMILES string of the molecule is COc1cc(Br)cc(NCC(=O)N(C)C(C)C)c1. The third kappa shape index (κ3) is 4.22. The van der Waals surface area contributed by atoms with Crippen LogP contribution in [0.2, 0.25) is 0 Å². The molecule has 1 rings (SSSR count). The number of benzene rings is 1. The summed E-state index contributed by atoms with van der Waals surface area (Å²) in [4.78, 5) is 13.5. The van der Waals surface area contributed by atoms with E-state index in [0.29, 0.717) is 0 Å². The van der Waals surface area contributed by atoms with E-state index in [2.05, 4.69) is 21.2 Å². The topological polar surface area (TPSA) is 41.6 Å². The summed E-state index contributed by atoms with van der Waals surface area (Å²) in [6, 6.07) is 5.84. The van der Waals surface area contributed by atoms with Crippen molar-refractivity contribution in [3.63, 3.8) is 0 Å². The first-order chi connectivity index (χ1) is 8.43. The summed E-state index contributed by atoms with van der Waals surface area (Å²) in [5, 5.41) is 3.09. The summed E-state index contributed by atoms with van der Waals surface area (Å²) in [6.07, 6.45) is 0. The summed E-state index contributed by atoms with van der Waals surface area (Å²) in [6.45, 7) is 4.24. The van der Waals surface area contributed by atoms with Crippen molar-refractivity contribution in [2.24, 2.45) is 0 Å². The van der Waals surface area contributed by atoms with Gasteiger partial charge in [0.1, 0.15) is 5.75 Å². The minimum atomic E-state index is 0.0592. The molecule has 0 aliphatic rings. The summed E-state index contributed by atoms with van der Waals surface area (Å²) in [5.74, 6) is 0.806. The molecule has 1 N–H and O–H groups in total. The number of nitrogens with one attached hydrogen (secondary N) is 1. The highest BCUT2D eigenvalue weighted by molar-refractivity contribution is 9.10. The quantitative estimate of drug-likeness (QED) is 0.908. The van der Waals surface area contributed by atoms with Gasteiger partial charge in [-0.3, -0.25) is 4.79 Å². The average Bonchev–Trinajstić information content (AvgIpc) is 2.34. The Kier molecular flexibility index (Phi) is 5.47. The molecule has 0 radical (unpaired) electrons. The van der Waals surface area contributed by atoms with Crippen molar-refractivity contribution in [3.8, 4) is 5.75 Å². The molecule has 0 unspecified atom stereocenters. The predicted molar refractivity (Wildman–Crippen MR) is 77.1 cm³/mol. The molecule has 100 valence electrons. The molecule has 0 saturated heterocycles. The molecule has 4 nitrogen and oxygen atoms in total. The minimum absolute atomic E-state index is 0.0592. The maximum Gasteiger partial charge on any atom is 0.241 e. The van der Waals surface area contributed by atoms with Crippen LogP contribution in [-0.4, -0.2) is 37.6 Å². The molecule has 1 amide bonds. The monoisotopic (exact) mass is 314 g/mol. The van der Waals surface area contributed by atoms with Gasteiger partial charge in [-0.2, -0.15) is 0 Å². The van der Waals surface area contributed by atoms with Gasteiger partial charge in [0.25, 0.3) is 0 Å². The number of methoxy groups -OCH3 is 1. The van der Waals surface area contributed by atoms with Crippen LogP contribution in [0.5, 0.6) is 5.75 Å². The van der Waals surface area contributed by atoms with E-state index in [1.165, 1.54) is 0 Å². The van der Waals surface area contributed by atoms with Gasteiger partial charge in [-0.15, -0.1) is 0 Å². The molecule has 0 aliphatic heterocycles. The number of halogens is 1. The Morgan fingerprint density at radius 1 is 1.44 bits per heavy atom. The zero-order chi connectivity index (χ0) is 13.7. The molecule has 0 aromatic heterocycles. The molecule has 0 fully saturated rings. The second-order valence-corrected chi connectivity index (χ2v) is 5.25. The Hall–Kier alpha value is -1.23. The fraction of sp³-hybridized carbons (Fsp3) is 0.462. The summed E-state index contributed by atoms with van der Waals surface area (Å²) in [5.41, 5.74) is 0.853. The molecule has 0 spiro atoms. The number of nitrogens with zero attached hydrogens (tertiary/aromatic N) is 1. The van der Waals surface area contributed by atoms with Crippen LogP contribution in [0.3, 0.4) is 0 Å². The zero-order valence-corrected chi connectivity index (χ0v) is 12.7. The van der Waals surface area contributed by atoms with Gasteiger partial charge in [-0.1, -0.05) is 15.9 Å². The molecule has 0 aliphatic carbocycles. The van der Waals surface area contributed by atoms with Crippen LogP contribution in [0.1, 0.15) is 13.8 Å². The number of hydrogen-bond acceptors (Lipinski definition) is 3. The number of carbonyl (C=O) groups excluding carboxylic acids is 1. The molecular formula is C13H19BrN2O2. The lowest BCUT2D eigenvalue weighted by molar-refractivity contribution is -0.129. The van der Waals surface area contributed by atoms with Crippen molar-refractivity contribution in [2.75, 3.05) is 26.0 Å². The number of hydrogen-bond donors (Lipinski definition) is 1. The third-order valence-corrected chi connectivity index (χ3v) is 3.18. The number of anilines is 1. The van der Waals surface area contributed by atoms with Crippen LogP contribution >= 0.6 is 15.9 Å². The molecular weight excluding hydrogens is 296 g/mol. The van der Waals surface area contributed by atoms with E-state index < -0.39 is 0 Å². The van der Waals surface area contributed by atoms with Gasteiger partial charge in [-0.25, -0.2) is 0 Å². The minimum Gasteiger partial charge on any atom is -0.497 e. The van der Waals surface area contributed by atoms with E-state index in [9.17, 15) is 4.79 Å². The maximum absolute atomic E-state index is 11.8. The molecule has 0 saturated carbocycles. The van der Waals surface area contributed by atoms with Gasteiger partial charge in [-0.05, 0) is 26.0 Å². The Morgan fingerprint density at radius 3 is 2.67 bits per heavy atom. The lowest BCUT2D eigenvalue weighted by atomic mass is 10.3. The summed E-state index contributed by atoms with van der Waals surface area (Å²) < 4.78 is 6.07. The van der Waals surface area contributed by atoms with Crippen LogP contribution < -0.4 is 10.1 Å². The van der Waals surface area contributed by atoms with Crippen molar-refractivity contribution in [1.29, 1.82) is 0 Å². The van der Waals surface area contributed by atoms with Gasteiger partial charge in [0.05, 0.1) is 13.7 Å². The van der Waals surface area contributed by atoms with Crippen molar-refractivity contribution in [1.82, 2.24) is 4.90 Å². The first-order valence-corrected chi connectivity index (χ1v) is 6.57. The molecule has 0 heterocycles. The van der Waals surface area contributed by atoms with E-state index >= 15 is 0 Å². The Bertz CT molecular complexity index is 421. The van der Waals surface area contributed by atoms with Crippen LogP contribution in [0.25, 0.3) is 0 Å². The fourth-order valence-corrected chi connectivity index (χ4v) is 1.85. The Morgan fingerprint density at radius 2 is 2.11 bits per heavy atom. The van der Waals surface area contributed by atoms with Crippen LogP contribution in [-0.2, 0) is 4.79 Å². The van der Waals surface area contributed by atoms with Crippen LogP contribution in [0.15, 0.2) is 22.7 Å². The predicted octanol–water partition coefficient (Wildman–Crippen LogP) is 2.74. The number of ether oxygens (including phenoxy) is 1. The largest absolute Gasteiger partial charge is 0.497 e. The average molecular weight is 315 g/mol. The number of rotatable bonds is 5. The van der Waals surface area contributed by atoms with Gasteiger partial charge in [0.15, 0.2) is 0 Å². The Balaban J connectivity index is 2.63. The van der Waals surface area contributed by atoms with Crippen LogP contribution in [0.4, 0.5) is 5.69 Å². The van der Waals surface area contributed by atoms with Crippen molar-refractivity contribution in [2.45, 2.75) is 19.9 Å². The molecule has 18 heavy (non-hydrogen) atoms. The molecule has 0 bridgehead atoms. The maximum atomic E-state index is 11.8. The second kappa shape index (κ2) is 6.64. The lowest BCUT2D eigenvalue weighted by Gasteiger charge is -2.21. The summed E-state index contributed by atoms with van der Waals surface area (Å²) in [7, 11) is 3.42. The standard InChI is InChI=1S/C13H19BrN2O2/c1-9(2)16(3)13(17)8-15-11-5-10(14)6-12(7-11)18-4/h5-7,9,15H,8H2,1-4H3. The summed E-state index contributed by atoms with van der Waals surface area (Å²) >= 11 is 3.40. The Labute approximate surface area is 116 Å². The van der Waals surface area contributed by atoms with E-state index in [1.807, 2.05) is 32.0 Å². The van der Waals surface area contributed by atoms with Crippen molar-refractivity contribution >= 4 is 27.5 Å². The molecule has 5 heteroatoms. The molecule has 0 atom stereocenters. The molecule has 1 aromatic rings. The first-order valence-electron chi connectivity index (χ1n) is 5.78. The van der Waals surface area contributed by atoms with E-state index in [0.717, 1.165) is 15.9 Å². The highest BCUT2D eigenvalue weighted by atomic mass is 79.9. The lowest BCUT2D eigenvalue weighted by Crippen LogP contribution is -2.37. The van der Waals surface area contributed by atoms with E-state index in [-0.39, 0.29) is 18.5 Å². The van der Waals surface area contributed by atoms with Gasteiger partial charge < -0.3 is 15.0 Å². The smallest absolute Gasteiger partial charge is 0.241 e. The third-order valence-electron chi connectivity index (χ3n) is 2.72. The van der Waals surface area contributed by atoms with E-state index in [1.54, 1.807) is 19.1 Å². The highest BCUT2D eigenvalue weighted by Crippen LogP contribution is 2.24. The second-order valence-electron chi connectivity index (χ2n) is 4.33. The van der Waals surface area contributed by atoms with Crippen LogP contribution in [0, 0.1) is 0 Å².